The van der Waals surface area contributed by atoms with Crippen molar-refractivity contribution in [1.29, 1.82) is 0 Å². The summed E-state index contributed by atoms with van der Waals surface area (Å²) in [5, 5.41) is 0. The first kappa shape index (κ1) is 9.45. The molecule has 0 aromatic heterocycles. The minimum Gasteiger partial charge on any atom is -0.459 e. The Kier molecular flexibility index (Phi) is 3.20. The molecule has 0 fully saturated rings. The van der Waals surface area contributed by atoms with Crippen molar-refractivity contribution >= 4 is 12.3 Å². The topological polar surface area (TPSA) is 43.4 Å². The molecule has 1 aromatic carbocycles. The van der Waals surface area contributed by atoms with E-state index in [0.29, 0.717) is 5.56 Å². The molecule has 0 N–H and O–H groups in total. The summed E-state index contributed by atoms with van der Waals surface area (Å²) in [6.07, 6.45) is 0. The molecule has 0 aliphatic carbocycles. The van der Waals surface area contributed by atoms with Crippen molar-refractivity contribution in [2.75, 3.05) is 6.61 Å². The van der Waals surface area contributed by atoms with E-state index in [1.807, 2.05) is 19.1 Å². The normalized spacial score (nSPS) is 9.31. The molecule has 3 nitrogen and oxygen atoms in total. The third kappa shape index (κ3) is 2.71. The summed E-state index contributed by atoms with van der Waals surface area (Å²) in [6.45, 7) is 2.02. The number of hydrogen-bond donors (Lipinski definition) is 0. The predicted molar refractivity (Wildman–Crippen MR) is 47.5 cm³/mol. The van der Waals surface area contributed by atoms with Gasteiger partial charge < -0.3 is 4.74 Å². The quantitative estimate of drug-likeness (QED) is 0.516. The van der Waals surface area contributed by atoms with E-state index in [4.69, 9.17) is 0 Å². The summed E-state index contributed by atoms with van der Waals surface area (Å²) in [5.41, 5.74) is 1.65. The van der Waals surface area contributed by atoms with Gasteiger partial charge in [0, 0.05) is 5.56 Å². The Morgan fingerprint density at radius 1 is 1.38 bits per heavy atom. The van der Waals surface area contributed by atoms with Crippen LogP contribution in [0.15, 0.2) is 24.3 Å². The second-order valence-electron chi connectivity index (χ2n) is 2.70. The van der Waals surface area contributed by atoms with Gasteiger partial charge in [0.05, 0.1) is 0 Å². The van der Waals surface area contributed by atoms with E-state index in [0.717, 1.165) is 5.56 Å². The van der Waals surface area contributed by atoms with Gasteiger partial charge in [-0.05, 0) is 6.92 Å². The summed E-state index contributed by atoms with van der Waals surface area (Å²) >= 11 is 0. The van der Waals surface area contributed by atoms with E-state index in [1.54, 1.807) is 12.1 Å². The molecule has 0 bridgehead atoms. The minimum atomic E-state index is -0.188. The van der Waals surface area contributed by atoms with Crippen LogP contribution in [0.5, 0.6) is 0 Å². The van der Waals surface area contributed by atoms with Gasteiger partial charge in [-0.25, -0.2) is 0 Å². The molecular weight excluding hydrogens is 168 g/mol. The molecule has 0 unspecified atom stereocenters. The van der Waals surface area contributed by atoms with Crippen LogP contribution in [0.3, 0.4) is 0 Å². The van der Waals surface area contributed by atoms with Crippen molar-refractivity contribution in [1.82, 2.24) is 0 Å². The lowest BCUT2D eigenvalue weighted by molar-refractivity contribution is -0.127. The zero-order chi connectivity index (χ0) is 9.68. The fourth-order valence-corrected chi connectivity index (χ4v) is 0.932. The molecule has 0 heterocycles. The number of ketones is 1. The van der Waals surface area contributed by atoms with E-state index < -0.39 is 0 Å². The Hall–Kier alpha value is -1.64. The molecule has 0 saturated heterocycles. The number of carbonyl (C=O) groups excluding carboxylic acids is 2. The van der Waals surface area contributed by atoms with Crippen molar-refractivity contribution < 1.29 is 14.3 Å². The van der Waals surface area contributed by atoms with Crippen molar-refractivity contribution in [2.45, 2.75) is 6.92 Å². The average Bonchev–Trinajstić information content (AvgIpc) is 2.15. The number of benzene rings is 1. The van der Waals surface area contributed by atoms with Gasteiger partial charge in [-0.15, -0.1) is 0 Å². The highest BCUT2D eigenvalue weighted by Crippen LogP contribution is 2.03. The highest BCUT2D eigenvalue weighted by Gasteiger charge is 2.04. The lowest BCUT2D eigenvalue weighted by Crippen LogP contribution is -2.07. The van der Waals surface area contributed by atoms with Crippen LogP contribution in [0.1, 0.15) is 15.9 Å². The van der Waals surface area contributed by atoms with Gasteiger partial charge in [-0.2, -0.15) is 0 Å². The van der Waals surface area contributed by atoms with Crippen LogP contribution in [-0.4, -0.2) is 18.9 Å². The summed E-state index contributed by atoms with van der Waals surface area (Å²) in [4.78, 5) is 21.1. The lowest BCUT2D eigenvalue weighted by Gasteiger charge is -1.99. The Morgan fingerprint density at radius 2 is 2.00 bits per heavy atom. The Balaban J connectivity index is 2.66. The molecule has 0 saturated carbocycles. The van der Waals surface area contributed by atoms with Gasteiger partial charge in [-0.3, -0.25) is 9.59 Å². The van der Waals surface area contributed by atoms with Crippen molar-refractivity contribution in [3.05, 3.63) is 35.4 Å². The first-order valence-electron chi connectivity index (χ1n) is 3.89. The number of aryl methyl sites for hydroxylation is 1. The molecule has 0 aliphatic rings. The molecule has 0 aliphatic heterocycles. The fraction of sp³-hybridized carbons (Fsp3) is 0.200. The van der Waals surface area contributed by atoms with E-state index in [1.165, 1.54) is 0 Å². The van der Waals surface area contributed by atoms with Gasteiger partial charge in [0.15, 0.2) is 12.4 Å². The second-order valence-corrected chi connectivity index (χ2v) is 2.70. The number of hydrogen-bond acceptors (Lipinski definition) is 3. The Bertz CT molecular complexity index is 300. The van der Waals surface area contributed by atoms with Crippen molar-refractivity contribution in [3.8, 4) is 0 Å². The van der Waals surface area contributed by atoms with Gasteiger partial charge in [-0.1, -0.05) is 29.8 Å². The summed E-state index contributed by atoms with van der Waals surface area (Å²) in [5.74, 6) is -0.188. The zero-order valence-electron chi connectivity index (χ0n) is 7.32. The van der Waals surface area contributed by atoms with E-state index in [2.05, 4.69) is 4.74 Å². The van der Waals surface area contributed by atoms with Crippen molar-refractivity contribution in [3.63, 3.8) is 0 Å². The number of Topliss-reactive ketones (excluding diaryl/α,β-unsaturated/α-hetero) is 1. The molecule has 0 radical (unpaired) electrons. The van der Waals surface area contributed by atoms with Crippen LogP contribution in [0.2, 0.25) is 0 Å². The minimum absolute atomic E-state index is 0.188. The number of rotatable bonds is 4. The number of carbonyl (C=O) groups is 2. The smallest absolute Gasteiger partial charge is 0.293 e. The highest BCUT2D eigenvalue weighted by atomic mass is 16.5. The van der Waals surface area contributed by atoms with Crippen molar-refractivity contribution in [2.24, 2.45) is 0 Å². The van der Waals surface area contributed by atoms with E-state index in [-0.39, 0.29) is 18.9 Å². The molecule has 13 heavy (non-hydrogen) atoms. The first-order chi connectivity index (χ1) is 6.24. The maximum Gasteiger partial charge on any atom is 0.293 e. The first-order valence-corrected chi connectivity index (χ1v) is 3.89. The van der Waals surface area contributed by atoms with Crippen LogP contribution >= 0.6 is 0 Å². The maximum absolute atomic E-state index is 11.2. The standard InChI is InChI=1S/C10H10O3/c1-8-2-4-9(5-3-8)10(12)6-13-7-11/h2-5,7H,6H2,1H3. The Morgan fingerprint density at radius 3 is 2.54 bits per heavy atom. The summed E-state index contributed by atoms with van der Waals surface area (Å²) < 4.78 is 4.35. The highest BCUT2D eigenvalue weighted by molar-refractivity contribution is 5.97. The molecule has 3 heteroatoms. The number of ether oxygens (including phenoxy) is 1. The molecule has 0 atom stereocenters. The molecule has 0 spiro atoms. The van der Waals surface area contributed by atoms with Crippen LogP contribution in [0, 0.1) is 6.92 Å². The molecule has 1 aromatic rings. The van der Waals surface area contributed by atoms with Gasteiger partial charge in [0.25, 0.3) is 6.47 Å². The maximum atomic E-state index is 11.2. The molecule has 68 valence electrons. The SMILES string of the molecule is Cc1ccc(C(=O)COC=O)cc1. The van der Waals surface area contributed by atoms with Gasteiger partial charge in [0.2, 0.25) is 0 Å². The van der Waals surface area contributed by atoms with Crippen LogP contribution in [0.4, 0.5) is 0 Å². The van der Waals surface area contributed by atoms with Gasteiger partial charge >= 0.3 is 0 Å². The monoisotopic (exact) mass is 178 g/mol. The average molecular weight is 178 g/mol. The van der Waals surface area contributed by atoms with Crippen LogP contribution in [0.25, 0.3) is 0 Å². The molecule has 0 amide bonds. The molecule has 1 rings (SSSR count). The third-order valence-electron chi connectivity index (χ3n) is 1.66. The summed E-state index contributed by atoms with van der Waals surface area (Å²) in [7, 11) is 0. The van der Waals surface area contributed by atoms with Crippen LogP contribution in [-0.2, 0) is 9.53 Å². The van der Waals surface area contributed by atoms with E-state index in [9.17, 15) is 9.59 Å². The molecular formula is C10H10O3. The third-order valence-corrected chi connectivity index (χ3v) is 1.66. The predicted octanol–water partition coefficient (Wildman–Crippen LogP) is 1.35. The second kappa shape index (κ2) is 4.40. The largest absolute Gasteiger partial charge is 0.459 e. The fourth-order valence-electron chi connectivity index (χ4n) is 0.932. The lowest BCUT2D eigenvalue weighted by atomic mass is 10.1. The van der Waals surface area contributed by atoms with Crippen LogP contribution < -0.4 is 0 Å². The van der Waals surface area contributed by atoms with Gasteiger partial charge in [0.1, 0.15) is 0 Å². The van der Waals surface area contributed by atoms with E-state index >= 15 is 0 Å². The zero-order valence-corrected chi connectivity index (χ0v) is 7.32. The summed E-state index contributed by atoms with van der Waals surface area (Å²) in [6, 6.07) is 7.11. The Labute approximate surface area is 76.3 Å².